The van der Waals surface area contributed by atoms with E-state index in [0.717, 1.165) is 0 Å². The molecule has 324 valence electrons. The molecule has 0 unspecified atom stereocenters. The van der Waals surface area contributed by atoms with Crippen LogP contribution in [0.15, 0.2) is 127 Å². The van der Waals surface area contributed by atoms with Crippen LogP contribution in [0.4, 0.5) is 51.2 Å². The van der Waals surface area contributed by atoms with Gasteiger partial charge >= 0.3 is 0 Å². The molecule has 0 aromatic heterocycles. The van der Waals surface area contributed by atoms with Crippen molar-refractivity contribution in [3.05, 3.63) is 139 Å². The molecule has 0 fully saturated rings. The molecule has 11 rings (SSSR count). The van der Waals surface area contributed by atoms with Crippen molar-refractivity contribution < 1.29 is 0 Å². The van der Waals surface area contributed by atoms with Crippen LogP contribution in [0.5, 0.6) is 0 Å². The highest BCUT2D eigenvalue weighted by molar-refractivity contribution is 7.06. The summed E-state index contributed by atoms with van der Waals surface area (Å²) in [7, 11) is -6.81. The van der Waals surface area contributed by atoms with E-state index in [0.29, 0.717) is 0 Å². The SMILES string of the molecule is Cc1ccc(N2c3ccc([Si](C)(C)C)cc3B3c4cc([Si](C)(C)C)ccc4N4c5ccc([Si](C)(C)C)cc5B5c6cc([Si](C)(C)C)ccc6N(c6ccc(C)cc6)c6cc2c3c4c65)cc1. The highest BCUT2D eigenvalue weighted by Gasteiger charge is 2.52. The van der Waals surface area contributed by atoms with Crippen molar-refractivity contribution in [3.63, 3.8) is 0 Å². The van der Waals surface area contributed by atoms with Gasteiger partial charge in [-0.25, -0.2) is 0 Å². The molecule has 0 saturated carbocycles. The summed E-state index contributed by atoms with van der Waals surface area (Å²) < 4.78 is 0. The molecule has 0 atom stereocenters. The maximum atomic E-state index is 2.75. The molecule has 7 aromatic rings. The van der Waals surface area contributed by atoms with Crippen molar-refractivity contribution in [1.82, 2.24) is 0 Å². The number of hydrogen-bond donors (Lipinski definition) is 0. The number of hydrogen-bond acceptors (Lipinski definition) is 3. The molecule has 0 radical (unpaired) electrons. The zero-order valence-corrected chi connectivity index (χ0v) is 45.1. The summed E-state index contributed by atoms with van der Waals surface area (Å²) in [6.45, 7) is 34.6. The van der Waals surface area contributed by atoms with Crippen LogP contribution in [0.25, 0.3) is 0 Å². The highest BCUT2D eigenvalue weighted by Crippen LogP contribution is 2.49. The molecule has 3 nitrogen and oxygen atoms in total. The molecule has 4 aliphatic heterocycles. The summed E-state index contributed by atoms with van der Waals surface area (Å²) >= 11 is 0. The van der Waals surface area contributed by atoms with Crippen LogP contribution in [0.1, 0.15) is 11.1 Å². The van der Waals surface area contributed by atoms with Crippen molar-refractivity contribution in [1.29, 1.82) is 0 Å². The average Bonchev–Trinajstić information content (AvgIpc) is 3.24. The van der Waals surface area contributed by atoms with E-state index in [2.05, 4.69) is 235 Å². The van der Waals surface area contributed by atoms with Crippen molar-refractivity contribution in [3.8, 4) is 0 Å². The Morgan fingerprint density at radius 3 is 0.862 bits per heavy atom. The van der Waals surface area contributed by atoms with Gasteiger partial charge in [0.15, 0.2) is 0 Å². The second-order valence-electron chi connectivity index (χ2n) is 23.7. The van der Waals surface area contributed by atoms with Gasteiger partial charge in [0.25, 0.3) is 13.4 Å². The summed E-state index contributed by atoms with van der Waals surface area (Å²) in [5.74, 6) is 0. The van der Waals surface area contributed by atoms with Crippen LogP contribution in [-0.2, 0) is 0 Å². The Morgan fingerprint density at radius 2 is 0.585 bits per heavy atom. The fraction of sp³-hybridized carbons (Fsp3) is 0.250. The maximum absolute atomic E-state index is 2.75. The van der Waals surface area contributed by atoms with E-state index in [1.807, 2.05) is 0 Å². The fourth-order valence-electron chi connectivity index (χ4n) is 11.2. The smallest absolute Gasteiger partial charge is 0.252 e. The molecule has 4 heterocycles. The van der Waals surface area contributed by atoms with Gasteiger partial charge in [0.2, 0.25) is 0 Å². The molecule has 9 heteroatoms. The van der Waals surface area contributed by atoms with E-state index in [4.69, 9.17) is 0 Å². The Balaban J connectivity index is 1.35. The van der Waals surface area contributed by atoms with Gasteiger partial charge in [0.1, 0.15) is 0 Å². The number of anilines is 9. The van der Waals surface area contributed by atoms with Gasteiger partial charge in [0, 0.05) is 51.2 Å². The quantitative estimate of drug-likeness (QED) is 0.154. The third kappa shape index (κ3) is 6.54. The second kappa shape index (κ2) is 14.2. The largest absolute Gasteiger partial charge is 0.312 e. The first-order valence-corrected chi connectivity index (χ1v) is 37.9. The number of fused-ring (bicyclic) bond motifs is 10. The summed E-state index contributed by atoms with van der Waals surface area (Å²) in [5, 5.41) is 6.07. The van der Waals surface area contributed by atoms with Crippen LogP contribution in [0, 0.1) is 13.8 Å². The third-order valence-corrected chi connectivity index (χ3v) is 23.2. The number of benzene rings is 7. The minimum Gasteiger partial charge on any atom is -0.312 e. The van der Waals surface area contributed by atoms with Crippen molar-refractivity contribution >= 4 is 150 Å². The predicted molar refractivity (Wildman–Crippen MR) is 301 cm³/mol. The van der Waals surface area contributed by atoms with Crippen molar-refractivity contribution in [2.75, 3.05) is 14.7 Å². The van der Waals surface area contributed by atoms with E-state index in [1.165, 1.54) is 116 Å². The number of aryl methyl sites for hydroxylation is 2. The van der Waals surface area contributed by atoms with Gasteiger partial charge in [-0.3, -0.25) is 0 Å². The molecular formula is C56H63B2N3Si4. The standard InChI is InChI=1S/C56H63B2N3Si4/c1-36-15-19-38(20-16-36)59-48-27-23-40(62(3,4)5)31-44(48)57-46-33-42(64(9,10)11)25-29-50(46)61-51-30-26-43(65(12,13)14)34-47(51)58-45-32-41(63(6,7)8)24-28-49(45)60(39-21-17-37(2)18-22-39)53-35-52(59)54(57)56(61)55(53)58/h15-35H,1-14H3. The van der Waals surface area contributed by atoms with E-state index < -0.39 is 32.3 Å². The first-order valence-electron chi connectivity index (χ1n) is 23.9. The lowest BCUT2D eigenvalue weighted by molar-refractivity contribution is 1.23. The van der Waals surface area contributed by atoms with Gasteiger partial charge in [-0.1, -0.05) is 183 Å². The van der Waals surface area contributed by atoms with Crippen molar-refractivity contribution in [2.45, 2.75) is 92.4 Å². The van der Waals surface area contributed by atoms with Crippen LogP contribution >= 0.6 is 0 Å². The minimum absolute atomic E-state index is 0.0758. The van der Waals surface area contributed by atoms with Gasteiger partial charge in [-0.2, -0.15) is 0 Å². The minimum atomic E-state index is -1.70. The Morgan fingerprint density at radius 1 is 0.308 bits per heavy atom. The molecular weight excluding hydrogens is 849 g/mol. The summed E-state index contributed by atoms with van der Waals surface area (Å²) in [5.41, 5.74) is 22.8. The van der Waals surface area contributed by atoms with E-state index in [9.17, 15) is 0 Å². The average molecular weight is 912 g/mol. The molecule has 0 bridgehead atoms. The summed E-state index contributed by atoms with van der Waals surface area (Å²) in [4.78, 5) is 8.01. The highest BCUT2D eigenvalue weighted by atomic mass is 28.3. The molecule has 4 aliphatic rings. The predicted octanol–water partition coefficient (Wildman–Crippen LogP) is 9.18. The molecule has 0 N–H and O–H groups in total. The fourth-order valence-corrected chi connectivity index (χ4v) is 15.9. The van der Waals surface area contributed by atoms with Crippen LogP contribution in [0.3, 0.4) is 0 Å². The monoisotopic (exact) mass is 911 g/mol. The first-order chi connectivity index (χ1) is 30.6. The Hall–Kier alpha value is -5.06. The number of rotatable bonds is 6. The molecule has 0 spiro atoms. The van der Waals surface area contributed by atoms with Crippen LogP contribution < -0.4 is 68.2 Å². The molecule has 0 amide bonds. The van der Waals surface area contributed by atoms with Gasteiger partial charge < -0.3 is 14.7 Å². The normalized spacial score (nSPS) is 14.8. The first kappa shape index (κ1) is 42.6. The van der Waals surface area contributed by atoms with Gasteiger partial charge in [-0.15, -0.1) is 0 Å². The summed E-state index contributed by atoms with van der Waals surface area (Å²) in [6.07, 6.45) is 0. The lowest BCUT2D eigenvalue weighted by Crippen LogP contribution is -2.70. The topological polar surface area (TPSA) is 9.72 Å². The van der Waals surface area contributed by atoms with E-state index >= 15 is 0 Å². The van der Waals surface area contributed by atoms with E-state index in [1.54, 1.807) is 0 Å². The lowest BCUT2D eigenvalue weighted by atomic mass is 9.28. The van der Waals surface area contributed by atoms with Crippen LogP contribution in [-0.4, -0.2) is 45.7 Å². The zero-order valence-electron chi connectivity index (χ0n) is 41.1. The summed E-state index contributed by atoms with van der Waals surface area (Å²) in [6, 6.07) is 51.7. The molecule has 0 saturated heterocycles. The maximum Gasteiger partial charge on any atom is 0.252 e. The third-order valence-electron chi connectivity index (χ3n) is 15.0. The zero-order chi connectivity index (χ0) is 45.9. The molecule has 65 heavy (non-hydrogen) atoms. The van der Waals surface area contributed by atoms with E-state index in [-0.39, 0.29) is 13.4 Å². The van der Waals surface area contributed by atoms with Gasteiger partial charge in [-0.05, 0) is 101 Å². The lowest BCUT2D eigenvalue weighted by Gasteiger charge is -2.51. The number of nitrogens with zero attached hydrogens (tertiary/aromatic N) is 3. The van der Waals surface area contributed by atoms with Crippen molar-refractivity contribution in [2.24, 2.45) is 0 Å². The Labute approximate surface area is 393 Å². The Bertz CT molecular complexity index is 2930. The molecule has 7 aromatic carbocycles. The molecule has 0 aliphatic carbocycles. The second-order valence-corrected chi connectivity index (χ2v) is 44.0. The van der Waals surface area contributed by atoms with Crippen LogP contribution in [0.2, 0.25) is 78.6 Å². The Kier molecular flexibility index (Phi) is 9.31. The van der Waals surface area contributed by atoms with Gasteiger partial charge in [0.05, 0.1) is 32.3 Å².